The van der Waals surface area contributed by atoms with E-state index in [4.69, 9.17) is 4.74 Å². The maximum absolute atomic E-state index is 12.3. The van der Waals surface area contributed by atoms with E-state index in [1.807, 2.05) is 18.4 Å². The van der Waals surface area contributed by atoms with E-state index in [0.29, 0.717) is 27.4 Å². The number of allylic oxidation sites excluding steroid dienone is 1. The Morgan fingerprint density at radius 2 is 2.15 bits per heavy atom. The molecule has 0 saturated carbocycles. The number of nitrogens with zero attached hydrogens (tertiary/aromatic N) is 4. The second-order valence-corrected chi connectivity index (χ2v) is 7.83. The van der Waals surface area contributed by atoms with Crippen molar-refractivity contribution in [1.82, 2.24) is 19.7 Å². The second-order valence-electron chi connectivity index (χ2n) is 5.89. The highest BCUT2D eigenvalue weighted by molar-refractivity contribution is 7.99. The Balaban J connectivity index is 2.00. The van der Waals surface area contributed by atoms with E-state index in [0.717, 1.165) is 17.2 Å². The van der Waals surface area contributed by atoms with Crippen LogP contribution in [0.1, 0.15) is 47.9 Å². The molecule has 2 aromatic heterocycles. The number of aromatic nitrogens is 4. The largest absolute Gasteiger partial charge is 0.462 e. The number of anilines is 1. The van der Waals surface area contributed by atoms with E-state index in [1.54, 1.807) is 19.9 Å². The van der Waals surface area contributed by atoms with E-state index in [2.05, 4.69) is 27.1 Å². The van der Waals surface area contributed by atoms with Crippen LogP contribution in [0.2, 0.25) is 0 Å². The average Bonchev–Trinajstić information content (AvgIpc) is 3.17. The van der Waals surface area contributed by atoms with E-state index in [-0.39, 0.29) is 24.2 Å². The summed E-state index contributed by atoms with van der Waals surface area (Å²) in [7, 11) is 0. The Kier molecular flexibility index (Phi) is 7.55. The van der Waals surface area contributed by atoms with Gasteiger partial charge in [0.2, 0.25) is 5.91 Å². The van der Waals surface area contributed by atoms with Gasteiger partial charge in [0.15, 0.2) is 10.3 Å². The van der Waals surface area contributed by atoms with Crippen LogP contribution in [0.3, 0.4) is 0 Å². The topological polar surface area (TPSA) is 99.0 Å². The van der Waals surface area contributed by atoms with Crippen molar-refractivity contribution >= 4 is 40.1 Å². The van der Waals surface area contributed by atoms with Gasteiger partial charge in [-0.3, -0.25) is 4.79 Å². The summed E-state index contributed by atoms with van der Waals surface area (Å²) in [6.07, 6.45) is 1.77. The molecule has 0 fully saturated rings. The zero-order valence-electron chi connectivity index (χ0n) is 15.8. The lowest BCUT2D eigenvalue weighted by Gasteiger charge is -2.09. The third-order valence-electron chi connectivity index (χ3n) is 3.41. The number of esters is 1. The SMILES string of the molecule is C=CCn1c(SCC(=O)Nc2nc(C)c(C(=O)OCC)s2)nnc1C(C)C. The summed E-state index contributed by atoms with van der Waals surface area (Å²) in [6.45, 7) is 12.2. The first kappa shape index (κ1) is 21.1. The maximum atomic E-state index is 12.3. The number of amides is 1. The molecule has 146 valence electrons. The predicted molar refractivity (Wildman–Crippen MR) is 106 cm³/mol. The molecule has 2 heterocycles. The molecule has 2 aromatic rings. The summed E-state index contributed by atoms with van der Waals surface area (Å²) in [4.78, 5) is 28.7. The number of ether oxygens (including phenoxy) is 1. The molecule has 0 aliphatic carbocycles. The summed E-state index contributed by atoms with van der Waals surface area (Å²) in [6, 6.07) is 0. The fraction of sp³-hybridized carbons (Fsp3) is 0.471. The lowest BCUT2D eigenvalue weighted by molar-refractivity contribution is -0.113. The summed E-state index contributed by atoms with van der Waals surface area (Å²) in [5.74, 6) is 0.568. The highest BCUT2D eigenvalue weighted by Crippen LogP contribution is 2.25. The number of hydrogen-bond donors (Lipinski definition) is 1. The van der Waals surface area contributed by atoms with Gasteiger partial charge in [0, 0.05) is 12.5 Å². The number of thioether (sulfide) groups is 1. The molecule has 0 aliphatic rings. The van der Waals surface area contributed by atoms with Gasteiger partial charge in [-0.25, -0.2) is 9.78 Å². The Morgan fingerprint density at radius 3 is 2.78 bits per heavy atom. The average molecular weight is 410 g/mol. The summed E-state index contributed by atoms with van der Waals surface area (Å²) in [5.41, 5.74) is 0.536. The van der Waals surface area contributed by atoms with Gasteiger partial charge < -0.3 is 14.6 Å². The van der Waals surface area contributed by atoms with Gasteiger partial charge in [-0.05, 0) is 13.8 Å². The molecule has 1 N–H and O–H groups in total. The molecule has 8 nitrogen and oxygen atoms in total. The van der Waals surface area contributed by atoms with Gasteiger partial charge in [-0.1, -0.05) is 43.0 Å². The fourth-order valence-electron chi connectivity index (χ4n) is 2.26. The second kappa shape index (κ2) is 9.65. The molecule has 0 saturated heterocycles. The van der Waals surface area contributed by atoms with Crippen LogP contribution in [0.5, 0.6) is 0 Å². The van der Waals surface area contributed by atoms with Crippen molar-refractivity contribution in [3.05, 3.63) is 29.1 Å². The van der Waals surface area contributed by atoms with Crippen LogP contribution in [0.4, 0.5) is 5.13 Å². The highest BCUT2D eigenvalue weighted by Gasteiger charge is 2.19. The maximum Gasteiger partial charge on any atom is 0.350 e. The van der Waals surface area contributed by atoms with E-state index in [9.17, 15) is 9.59 Å². The lowest BCUT2D eigenvalue weighted by atomic mass is 10.2. The molecule has 0 unspecified atom stereocenters. The summed E-state index contributed by atoms with van der Waals surface area (Å²) in [5, 5.41) is 12.1. The molecule has 0 spiro atoms. The van der Waals surface area contributed by atoms with Gasteiger partial charge in [0.25, 0.3) is 0 Å². The lowest BCUT2D eigenvalue weighted by Crippen LogP contribution is -2.14. The first-order valence-electron chi connectivity index (χ1n) is 8.48. The van der Waals surface area contributed by atoms with E-state index < -0.39 is 5.97 Å². The third kappa shape index (κ3) is 5.39. The molecule has 1 amide bonds. The fourth-order valence-corrected chi connectivity index (χ4v) is 3.89. The molecule has 0 atom stereocenters. The molecule has 10 heteroatoms. The van der Waals surface area contributed by atoms with Gasteiger partial charge in [-0.15, -0.1) is 16.8 Å². The van der Waals surface area contributed by atoms with Crippen LogP contribution in [0, 0.1) is 6.92 Å². The van der Waals surface area contributed by atoms with Crippen LogP contribution >= 0.6 is 23.1 Å². The quantitative estimate of drug-likeness (QED) is 0.385. The Bertz CT molecular complexity index is 829. The summed E-state index contributed by atoms with van der Waals surface area (Å²) < 4.78 is 6.93. The predicted octanol–water partition coefficient (Wildman–Crippen LogP) is 3.26. The molecular weight excluding hydrogens is 386 g/mol. The van der Waals surface area contributed by atoms with Crippen LogP contribution in [0.25, 0.3) is 0 Å². The monoisotopic (exact) mass is 409 g/mol. The zero-order valence-corrected chi connectivity index (χ0v) is 17.4. The van der Waals surface area contributed by atoms with Gasteiger partial charge in [0.05, 0.1) is 18.1 Å². The first-order valence-corrected chi connectivity index (χ1v) is 10.3. The number of aryl methyl sites for hydroxylation is 1. The molecule has 0 aliphatic heterocycles. The molecule has 0 radical (unpaired) electrons. The van der Waals surface area contributed by atoms with Crippen molar-refractivity contribution < 1.29 is 14.3 Å². The van der Waals surface area contributed by atoms with Crippen LogP contribution in [-0.4, -0.2) is 44.0 Å². The Labute approximate surface area is 166 Å². The van der Waals surface area contributed by atoms with E-state index >= 15 is 0 Å². The molecule has 2 rings (SSSR count). The van der Waals surface area contributed by atoms with Crippen molar-refractivity contribution in [2.24, 2.45) is 0 Å². The number of carbonyl (C=O) groups excluding carboxylic acids is 2. The van der Waals surface area contributed by atoms with Crippen molar-refractivity contribution in [1.29, 1.82) is 0 Å². The van der Waals surface area contributed by atoms with Crippen LogP contribution in [-0.2, 0) is 16.1 Å². The molecule has 27 heavy (non-hydrogen) atoms. The number of thiazole rings is 1. The molecule has 0 aromatic carbocycles. The number of nitrogens with one attached hydrogen (secondary N) is 1. The minimum atomic E-state index is -0.430. The molecular formula is C17H23N5O3S2. The molecule has 0 bridgehead atoms. The minimum absolute atomic E-state index is 0.154. The van der Waals surface area contributed by atoms with Crippen molar-refractivity contribution in [3.63, 3.8) is 0 Å². The van der Waals surface area contributed by atoms with Crippen molar-refractivity contribution in [2.45, 2.75) is 45.3 Å². The zero-order chi connectivity index (χ0) is 20.0. The number of hydrogen-bond acceptors (Lipinski definition) is 8. The third-order valence-corrected chi connectivity index (χ3v) is 5.43. The summed E-state index contributed by atoms with van der Waals surface area (Å²) >= 11 is 2.40. The first-order chi connectivity index (χ1) is 12.9. The van der Waals surface area contributed by atoms with Crippen LogP contribution < -0.4 is 5.32 Å². The van der Waals surface area contributed by atoms with Gasteiger partial charge >= 0.3 is 5.97 Å². The Hall–Kier alpha value is -2.20. The Morgan fingerprint density at radius 1 is 1.41 bits per heavy atom. The minimum Gasteiger partial charge on any atom is -0.462 e. The smallest absolute Gasteiger partial charge is 0.350 e. The number of rotatable bonds is 9. The normalized spacial score (nSPS) is 10.9. The van der Waals surface area contributed by atoms with Crippen molar-refractivity contribution in [3.8, 4) is 0 Å². The van der Waals surface area contributed by atoms with Gasteiger partial charge in [0.1, 0.15) is 10.7 Å². The number of carbonyl (C=O) groups is 2. The van der Waals surface area contributed by atoms with E-state index in [1.165, 1.54) is 11.8 Å². The standard InChI is InChI=1S/C17H23N5O3S2/c1-6-8-22-14(10(3)4)20-21-17(22)26-9-12(23)19-16-18-11(5)13(27-16)15(24)25-7-2/h6,10H,1,7-9H2,2-5H3,(H,18,19,23). The van der Waals surface area contributed by atoms with Crippen molar-refractivity contribution in [2.75, 3.05) is 17.7 Å². The van der Waals surface area contributed by atoms with Gasteiger partial charge in [-0.2, -0.15) is 0 Å². The van der Waals surface area contributed by atoms with Crippen LogP contribution in [0.15, 0.2) is 17.8 Å². The highest BCUT2D eigenvalue weighted by atomic mass is 32.2.